The Morgan fingerprint density at radius 3 is 2.88 bits per heavy atom. The number of allylic oxidation sites excluding steroid dienone is 2. The van der Waals surface area contributed by atoms with E-state index in [4.69, 9.17) is 5.26 Å². The van der Waals surface area contributed by atoms with Crippen molar-refractivity contribution in [2.24, 2.45) is 0 Å². The number of benzene rings is 1. The second-order valence-electron chi connectivity index (χ2n) is 3.60. The van der Waals surface area contributed by atoms with Crippen LogP contribution in [-0.2, 0) is 6.54 Å². The molecule has 0 amide bonds. The van der Waals surface area contributed by atoms with Crippen LogP contribution in [0.25, 0.3) is 10.9 Å². The lowest BCUT2D eigenvalue weighted by Gasteiger charge is -2.00. The van der Waals surface area contributed by atoms with Gasteiger partial charge in [0.15, 0.2) is 0 Å². The molecule has 0 radical (unpaired) electrons. The molecule has 0 atom stereocenters. The maximum Gasteiger partial charge on any atom is 0.0991 e. The van der Waals surface area contributed by atoms with Crippen LogP contribution in [0.15, 0.2) is 41.0 Å². The smallest absolute Gasteiger partial charge is 0.0991 e. The van der Waals surface area contributed by atoms with Gasteiger partial charge in [0.1, 0.15) is 0 Å². The van der Waals surface area contributed by atoms with Crippen molar-refractivity contribution in [2.45, 2.75) is 6.54 Å². The average molecular weight is 354 g/mol. The molecule has 0 aliphatic rings. The van der Waals surface area contributed by atoms with Gasteiger partial charge in [-0.15, -0.1) is 0 Å². The molecule has 0 spiro atoms. The molecule has 17 heavy (non-hydrogen) atoms. The predicted octanol–water partition coefficient (Wildman–Crippen LogP) is 4.23. The van der Waals surface area contributed by atoms with Crippen LogP contribution in [-0.4, -0.2) is 9.90 Å². The zero-order valence-electron chi connectivity index (χ0n) is 9.03. The van der Waals surface area contributed by atoms with E-state index in [2.05, 4.69) is 54.6 Å². The minimum absolute atomic E-state index is 0.687. The van der Waals surface area contributed by atoms with Gasteiger partial charge in [-0.3, -0.25) is 0 Å². The lowest BCUT2D eigenvalue weighted by molar-refractivity contribution is 0.861. The summed E-state index contributed by atoms with van der Waals surface area (Å²) in [4.78, 5) is 0. The fourth-order valence-electron chi connectivity index (χ4n) is 1.73. The van der Waals surface area contributed by atoms with E-state index >= 15 is 0 Å². The van der Waals surface area contributed by atoms with Crippen molar-refractivity contribution in [1.82, 2.24) is 4.57 Å². The molecule has 2 aromatic rings. The number of alkyl halides is 1. The Kier molecular flexibility index (Phi) is 4.03. The number of hydrogen-bond acceptors (Lipinski definition) is 1. The maximum absolute atomic E-state index is 8.88. The molecule has 0 aliphatic heterocycles. The molecule has 0 bridgehead atoms. The largest absolute Gasteiger partial charge is 0.342 e. The van der Waals surface area contributed by atoms with E-state index in [-0.39, 0.29) is 0 Å². The van der Waals surface area contributed by atoms with Crippen molar-refractivity contribution >= 4 is 42.8 Å². The first-order valence-electron chi connectivity index (χ1n) is 5.15. The molecular formula is C13H10Br2N2. The third-order valence-corrected chi connectivity index (χ3v) is 3.53. The number of hydrogen-bond donors (Lipinski definition) is 0. The predicted molar refractivity (Wildman–Crippen MR) is 77.3 cm³/mol. The highest BCUT2D eigenvalue weighted by Crippen LogP contribution is 2.27. The summed E-state index contributed by atoms with van der Waals surface area (Å²) in [5.41, 5.74) is 1.82. The molecular weight excluding hydrogens is 344 g/mol. The van der Waals surface area contributed by atoms with E-state index in [1.807, 2.05) is 24.4 Å². The summed E-state index contributed by atoms with van der Waals surface area (Å²) in [5.74, 6) is 0. The number of fused-ring (bicyclic) bond motifs is 1. The van der Waals surface area contributed by atoms with Gasteiger partial charge in [-0.2, -0.15) is 5.26 Å². The summed E-state index contributed by atoms with van der Waals surface area (Å²) in [6.45, 7) is 0.833. The third kappa shape index (κ3) is 2.62. The van der Waals surface area contributed by atoms with E-state index < -0.39 is 0 Å². The Hall–Kier alpha value is -1.05. The van der Waals surface area contributed by atoms with Gasteiger partial charge in [-0.05, 0) is 34.1 Å². The van der Waals surface area contributed by atoms with Gasteiger partial charge >= 0.3 is 0 Å². The second-order valence-corrected chi connectivity index (χ2v) is 5.10. The second kappa shape index (κ2) is 5.52. The minimum atomic E-state index is 0.687. The van der Waals surface area contributed by atoms with Crippen LogP contribution in [0.5, 0.6) is 0 Å². The molecule has 1 aromatic carbocycles. The van der Waals surface area contributed by atoms with Crippen molar-refractivity contribution < 1.29 is 0 Å². The van der Waals surface area contributed by atoms with Crippen LogP contribution in [0, 0.1) is 11.3 Å². The first kappa shape index (κ1) is 12.4. The Bertz CT molecular complexity index is 606. The highest BCUT2D eigenvalue weighted by Gasteiger charge is 2.06. The molecule has 0 saturated carbocycles. The molecule has 1 aromatic heterocycles. The summed E-state index contributed by atoms with van der Waals surface area (Å²) < 4.78 is 3.18. The number of aromatic nitrogens is 1. The number of nitrogens with zero attached hydrogens (tertiary/aromatic N) is 2. The highest BCUT2D eigenvalue weighted by molar-refractivity contribution is 9.10. The zero-order valence-corrected chi connectivity index (χ0v) is 12.2. The maximum atomic E-state index is 8.88. The lowest BCUT2D eigenvalue weighted by Crippen LogP contribution is -1.92. The van der Waals surface area contributed by atoms with Crippen molar-refractivity contribution in [2.75, 3.05) is 5.33 Å². The number of rotatable bonds is 3. The molecule has 0 N–H and O–H groups in total. The van der Waals surface area contributed by atoms with Crippen LogP contribution in [0.2, 0.25) is 0 Å². The molecule has 4 heteroatoms. The Morgan fingerprint density at radius 2 is 2.18 bits per heavy atom. The van der Waals surface area contributed by atoms with Gasteiger partial charge in [0.05, 0.1) is 11.6 Å². The Morgan fingerprint density at radius 1 is 1.35 bits per heavy atom. The standard InChI is InChI=1S/C13H10Br2N2/c14-5-1-2-6-17-9-12(15)11-7-10(8-16)3-4-13(11)17/h1-4,7,9H,5-6H2/b2-1+. The van der Waals surface area contributed by atoms with Gasteiger partial charge in [0.2, 0.25) is 0 Å². The van der Waals surface area contributed by atoms with E-state index in [0.717, 1.165) is 27.3 Å². The van der Waals surface area contributed by atoms with Gasteiger partial charge < -0.3 is 4.57 Å². The molecule has 86 valence electrons. The van der Waals surface area contributed by atoms with Crippen LogP contribution < -0.4 is 0 Å². The molecule has 0 unspecified atom stereocenters. The first-order chi connectivity index (χ1) is 8.26. The van der Waals surface area contributed by atoms with Crippen LogP contribution >= 0.6 is 31.9 Å². The third-order valence-electron chi connectivity index (χ3n) is 2.52. The highest BCUT2D eigenvalue weighted by atomic mass is 79.9. The van der Waals surface area contributed by atoms with E-state index in [9.17, 15) is 0 Å². The fourth-order valence-corrected chi connectivity index (χ4v) is 2.55. The molecule has 0 fully saturated rings. The van der Waals surface area contributed by atoms with Crippen LogP contribution in [0.3, 0.4) is 0 Å². The summed E-state index contributed by atoms with van der Waals surface area (Å²) in [6, 6.07) is 7.90. The quantitative estimate of drug-likeness (QED) is 0.599. The van der Waals surface area contributed by atoms with Crippen molar-refractivity contribution in [3.05, 3.63) is 46.6 Å². The van der Waals surface area contributed by atoms with Crippen LogP contribution in [0.4, 0.5) is 0 Å². The fraction of sp³-hybridized carbons (Fsp3) is 0.154. The van der Waals surface area contributed by atoms with Gasteiger partial charge in [-0.25, -0.2) is 0 Å². The van der Waals surface area contributed by atoms with Gasteiger partial charge in [0, 0.05) is 33.4 Å². The van der Waals surface area contributed by atoms with E-state index in [1.165, 1.54) is 0 Å². The van der Waals surface area contributed by atoms with Crippen molar-refractivity contribution in [1.29, 1.82) is 5.26 Å². The Balaban J connectivity index is 2.46. The summed E-state index contributed by atoms with van der Waals surface area (Å²) >= 11 is 6.88. The summed E-state index contributed by atoms with van der Waals surface area (Å²) in [5, 5.41) is 10.8. The minimum Gasteiger partial charge on any atom is -0.342 e. The van der Waals surface area contributed by atoms with Crippen molar-refractivity contribution in [3.63, 3.8) is 0 Å². The first-order valence-corrected chi connectivity index (χ1v) is 7.07. The SMILES string of the molecule is N#Cc1ccc2c(c1)c(Br)cn2C/C=C/CBr. The lowest BCUT2D eigenvalue weighted by atomic mass is 10.2. The zero-order chi connectivity index (χ0) is 12.3. The summed E-state index contributed by atoms with van der Waals surface area (Å²) in [6.07, 6.45) is 6.23. The van der Waals surface area contributed by atoms with E-state index in [1.54, 1.807) is 0 Å². The molecule has 2 nitrogen and oxygen atoms in total. The normalized spacial score (nSPS) is 11.1. The van der Waals surface area contributed by atoms with Gasteiger partial charge in [0.25, 0.3) is 0 Å². The average Bonchev–Trinajstić information content (AvgIpc) is 2.66. The molecule has 0 saturated heterocycles. The molecule has 2 rings (SSSR count). The summed E-state index contributed by atoms with van der Waals surface area (Å²) in [7, 11) is 0. The van der Waals surface area contributed by atoms with Crippen LogP contribution in [0.1, 0.15) is 5.56 Å². The van der Waals surface area contributed by atoms with Crippen molar-refractivity contribution in [3.8, 4) is 6.07 Å². The van der Waals surface area contributed by atoms with Gasteiger partial charge in [-0.1, -0.05) is 28.1 Å². The van der Waals surface area contributed by atoms with E-state index in [0.29, 0.717) is 5.56 Å². The topological polar surface area (TPSA) is 28.7 Å². The number of nitriles is 1. The monoisotopic (exact) mass is 352 g/mol. The number of halogens is 2. The molecule has 0 aliphatic carbocycles. The Labute approximate surface area is 117 Å². The molecule has 1 heterocycles.